The van der Waals surface area contributed by atoms with Crippen LogP contribution in [0.15, 0.2) is 67.0 Å². The molecule has 2 amide bonds. The Morgan fingerprint density at radius 3 is 2.04 bits per heavy atom. The first-order chi connectivity index (χ1) is 12.8. The number of benzene rings is 2. The molecule has 136 valence electrons. The van der Waals surface area contributed by atoms with Crippen LogP contribution < -0.4 is 4.90 Å². The second-order valence-corrected chi connectivity index (χ2v) is 6.24. The molecule has 3 aromatic rings. The molecule has 7 heteroatoms. The second kappa shape index (κ2) is 6.12. The highest BCUT2D eigenvalue weighted by Crippen LogP contribution is 2.34. The van der Waals surface area contributed by atoms with Crippen molar-refractivity contribution in [3.05, 3.63) is 89.2 Å². The lowest BCUT2D eigenvalue weighted by molar-refractivity contribution is -0.137. The number of halogens is 3. The summed E-state index contributed by atoms with van der Waals surface area (Å²) in [6.45, 7) is 0.484. The summed E-state index contributed by atoms with van der Waals surface area (Å²) in [5, 5.41) is 0. The van der Waals surface area contributed by atoms with Gasteiger partial charge in [-0.1, -0.05) is 36.4 Å². The van der Waals surface area contributed by atoms with Gasteiger partial charge in [0.1, 0.15) is 0 Å². The van der Waals surface area contributed by atoms with E-state index in [0.29, 0.717) is 6.54 Å². The number of hydrogen-bond acceptors (Lipinski definition) is 2. The number of carbonyl (C=O) groups is 2. The molecule has 0 spiro atoms. The minimum Gasteiger partial charge on any atom is -0.348 e. The van der Waals surface area contributed by atoms with Crippen LogP contribution in [0.1, 0.15) is 31.8 Å². The first kappa shape index (κ1) is 17.1. The van der Waals surface area contributed by atoms with Crippen molar-refractivity contribution >= 4 is 17.5 Å². The molecule has 27 heavy (non-hydrogen) atoms. The number of amides is 2. The van der Waals surface area contributed by atoms with Crippen LogP contribution in [0.5, 0.6) is 0 Å². The van der Waals surface area contributed by atoms with Gasteiger partial charge in [-0.05, 0) is 23.8 Å². The molecule has 0 atom stereocenters. The molecule has 0 radical (unpaired) electrons. The van der Waals surface area contributed by atoms with Gasteiger partial charge in [-0.2, -0.15) is 13.2 Å². The summed E-state index contributed by atoms with van der Waals surface area (Å²) in [6, 6.07) is 13.7. The zero-order chi connectivity index (χ0) is 19.2. The van der Waals surface area contributed by atoms with E-state index in [9.17, 15) is 22.8 Å². The van der Waals surface area contributed by atoms with Crippen LogP contribution in [0.4, 0.5) is 18.9 Å². The fourth-order valence-corrected chi connectivity index (χ4v) is 3.12. The molecule has 1 aromatic heterocycles. The van der Waals surface area contributed by atoms with Crippen LogP contribution in [-0.4, -0.2) is 16.4 Å². The minimum atomic E-state index is -4.55. The van der Waals surface area contributed by atoms with E-state index in [4.69, 9.17) is 0 Å². The second-order valence-electron chi connectivity index (χ2n) is 6.24. The Bertz CT molecular complexity index is 1010. The Morgan fingerprint density at radius 1 is 0.815 bits per heavy atom. The van der Waals surface area contributed by atoms with Crippen molar-refractivity contribution < 1.29 is 22.8 Å². The fourth-order valence-electron chi connectivity index (χ4n) is 3.12. The highest BCUT2D eigenvalue weighted by atomic mass is 19.4. The molecule has 1 aliphatic rings. The fraction of sp³-hybridized carbons (Fsp3) is 0.100. The van der Waals surface area contributed by atoms with Crippen LogP contribution in [0, 0.1) is 0 Å². The predicted octanol–water partition coefficient (Wildman–Crippen LogP) is 4.36. The molecule has 2 heterocycles. The maximum Gasteiger partial charge on any atom is 0.416 e. The van der Waals surface area contributed by atoms with Crippen molar-refractivity contribution in [2.75, 3.05) is 4.90 Å². The van der Waals surface area contributed by atoms with Crippen molar-refractivity contribution in [2.24, 2.45) is 0 Å². The molecule has 2 aromatic carbocycles. The molecule has 0 N–H and O–H groups in total. The molecule has 4 nitrogen and oxygen atoms in total. The van der Waals surface area contributed by atoms with Gasteiger partial charge in [0.05, 0.1) is 22.4 Å². The normalized spacial score (nSPS) is 14.0. The third-order valence-corrected chi connectivity index (χ3v) is 4.39. The monoisotopic (exact) mass is 370 g/mol. The van der Waals surface area contributed by atoms with E-state index in [1.807, 2.05) is 30.3 Å². The summed E-state index contributed by atoms with van der Waals surface area (Å²) in [5.74, 6) is -1.25. The van der Waals surface area contributed by atoms with Gasteiger partial charge in [0.2, 0.25) is 0 Å². The lowest BCUT2D eigenvalue weighted by atomic mass is 10.2. The molecule has 0 aliphatic carbocycles. The summed E-state index contributed by atoms with van der Waals surface area (Å²) in [4.78, 5) is 26.1. The average Bonchev–Trinajstić information content (AvgIpc) is 3.14. The smallest absolute Gasteiger partial charge is 0.348 e. The van der Waals surface area contributed by atoms with Gasteiger partial charge in [0.25, 0.3) is 11.8 Å². The number of nitrogens with zero attached hydrogens (tertiary/aromatic N) is 2. The van der Waals surface area contributed by atoms with Gasteiger partial charge in [-0.15, -0.1) is 0 Å². The number of imide groups is 1. The van der Waals surface area contributed by atoms with Gasteiger partial charge < -0.3 is 4.57 Å². The van der Waals surface area contributed by atoms with E-state index < -0.39 is 23.6 Å². The Hall–Kier alpha value is -3.35. The topological polar surface area (TPSA) is 42.3 Å². The molecular weight excluding hydrogens is 357 g/mol. The zero-order valence-corrected chi connectivity index (χ0v) is 13.9. The first-order valence-electron chi connectivity index (χ1n) is 8.14. The highest BCUT2D eigenvalue weighted by Gasteiger charge is 2.39. The summed E-state index contributed by atoms with van der Waals surface area (Å²) < 4.78 is 40.5. The maximum absolute atomic E-state index is 12.9. The van der Waals surface area contributed by atoms with E-state index in [1.54, 1.807) is 17.0 Å². The Balaban J connectivity index is 1.64. The Kier molecular flexibility index (Phi) is 3.87. The van der Waals surface area contributed by atoms with Crippen LogP contribution in [0.25, 0.3) is 0 Å². The highest BCUT2D eigenvalue weighted by molar-refractivity contribution is 6.34. The number of hydrogen-bond donors (Lipinski definition) is 0. The van der Waals surface area contributed by atoms with Crippen LogP contribution in [-0.2, 0) is 12.7 Å². The number of alkyl halides is 3. The molecular formula is C20H13F3N2O2. The van der Waals surface area contributed by atoms with Gasteiger partial charge in [-0.25, -0.2) is 4.90 Å². The predicted molar refractivity (Wildman–Crippen MR) is 92.6 cm³/mol. The Morgan fingerprint density at radius 2 is 1.44 bits per heavy atom. The van der Waals surface area contributed by atoms with Crippen molar-refractivity contribution in [2.45, 2.75) is 12.7 Å². The van der Waals surface area contributed by atoms with Crippen molar-refractivity contribution in [1.82, 2.24) is 4.57 Å². The molecule has 0 unspecified atom stereocenters. The summed E-state index contributed by atoms with van der Waals surface area (Å²) in [5.41, 5.74) is 0.374. The molecule has 4 rings (SSSR count). The van der Waals surface area contributed by atoms with Crippen LogP contribution in [0.2, 0.25) is 0 Å². The molecule has 0 saturated carbocycles. The number of carbonyl (C=O) groups excluding carboxylic acids is 2. The number of anilines is 1. The van der Waals surface area contributed by atoms with E-state index >= 15 is 0 Å². The number of rotatable bonds is 3. The SMILES string of the molecule is O=C1c2cn(Cc3ccccc3)cc2C(=O)N1c1cccc(C(F)(F)F)c1. The van der Waals surface area contributed by atoms with Gasteiger partial charge in [-0.3, -0.25) is 9.59 Å². The van der Waals surface area contributed by atoms with Gasteiger partial charge in [0.15, 0.2) is 0 Å². The summed E-state index contributed by atoms with van der Waals surface area (Å²) in [7, 11) is 0. The lowest BCUT2D eigenvalue weighted by Crippen LogP contribution is -2.30. The average molecular weight is 370 g/mol. The molecule has 0 fully saturated rings. The minimum absolute atomic E-state index is 0.0920. The lowest BCUT2D eigenvalue weighted by Gasteiger charge is -2.16. The first-order valence-corrected chi connectivity index (χ1v) is 8.14. The summed E-state index contributed by atoms with van der Waals surface area (Å²) >= 11 is 0. The Labute approximate surface area is 152 Å². The van der Waals surface area contributed by atoms with Crippen molar-refractivity contribution in [1.29, 1.82) is 0 Å². The van der Waals surface area contributed by atoms with Crippen LogP contribution in [0.3, 0.4) is 0 Å². The molecule has 1 aliphatic heterocycles. The number of aromatic nitrogens is 1. The summed E-state index contributed by atoms with van der Waals surface area (Å²) in [6.07, 6.45) is -1.45. The van der Waals surface area contributed by atoms with E-state index in [-0.39, 0.29) is 16.8 Å². The van der Waals surface area contributed by atoms with Gasteiger partial charge >= 0.3 is 6.18 Å². The van der Waals surface area contributed by atoms with E-state index in [0.717, 1.165) is 22.6 Å². The molecule has 0 bridgehead atoms. The third-order valence-electron chi connectivity index (χ3n) is 4.39. The zero-order valence-electron chi connectivity index (χ0n) is 13.9. The van der Waals surface area contributed by atoms with Crippen LogP contribution >= 0.6 is 0 Å². The quantitative estimate of drug-likeness (QED) is 0.643. The van der Waals surface area contributed by atoms with E-state index in [2.05, 4.69) is 0 Å². The van der Waals surface area contributed by atoms with Crippen molar-refractivity contribution in [3.8, 4) is 0 Å². The largest absolute Gasteiger partial charge is 0.416 e. The maximum atomic E-state index is 12.9. The standard InChI is InChI=1S/C20H13F3N2O2/c21-20(22,23)14-7-4-8-15(9-14)25-18(26)16-11-24(12-17(16)19(25)27)10-13-5-2-1-3-6-13/h1-9,11-12H,10H2. The van der Waals surface area contributed by atoms with Gasteiger partial charge in [0, 0.05) is 18.9 Å². The van der Waals surface area contributed by atoms with Crippen molar-refractivity contribution in [3.63, 3.8) is 0 Å². The third kappa shape index (κ3) is 3.01. The molecule has 0 saturated heterocycles. The van der Waals surface area contributed by atoms with E-state index in [1.165, 1.54) is 12.1 Å². The number of fused-ring (bicyclic) bond motifs is 1.